The van der Waals surface area contributed by atoms with E-state index in [4.69, 9.17) is 0 Å². The number of rotatable bonds is 8. The van der Waals surface area contributed by atoms with E-state index >= 15 is 0 Å². The van der Waals surface area contributed by atoms with E-state index in [0.29, 0.717) is 11.8 Å². The molecule has 114 valence electrons. The Morgan fingerprint density at radius 1 is 0.700 bits per heavy atom. The largest absolute Gasteiger partial charge is 0.0738 e. The van der Waals surface area contributed by atoms with E-state index in [-0.39, 0.29) is 0 Å². The van der Waals surface area contributed by atoms with E-state index in [9.17, 15) is 0 Å². The summed E-state index contributed by atoms with van der Waals surface area (Å²) in [5.41, 5.74) is 6.52. The lowest BCUT2D eigenvalue weighted by molar-refractivity contribution is 0.721. The maximum atomic E-state index is 2.48. The summed E-state index contributed by atoms with van der Waals surface area (Å²) in [7, 11) is 0. The zero-order valence-corrected chi connectivity index (χ0v) is 14.6. The second-order valence-corrected chi connectivity index (χ2v) is 6.81. The first-order valence-corrected chi connectivity index (χ1v) is 8.67. The molecule has 0 heteroatoms. The summed E-state index contributed by atoms with van der Waals surface area (Å²) in [6, 6.07) is 0. The summed E-state index contributed by atoms with van der Waals surface area (Å²) >= 11 is 0. The Hall–Kier alpha value is -0.780. The fourth-order valence-corrected chi connectivity index (χ4v) is 2.91. The molecule has 1 aliphatic carbocycles. The molecule has 0 aromatic heterocycles. The smallest absolute Gasteiger partial charge is 0.0187 e. The molecule has 0 aromatic rings. The SMILES string of the molecule is CCCCC1=C(CCCC)C(=C/C(C)C)/C1=C/C(C)C. The van der Waals surface area contributed by atoms with Crippen molar-refractivity contribution >= 4 is 0 Å². The number of hydrogen-bond acceptors (Lipinski definition) is 0. The fourth-order valence-electron chi connectivity index (χ4n) is 2.91. The van der Waals surface area contributed by atoms with Crippen LogP contribution in [0.5, 0.6) is 0 Å². The van der Waals surface area contributed by atoms with Crippen molar-refractivity contribution in [2.24, 2.45) is 11.8 Å². The van der Waals surface area contributed by atoms with Gasteiger partial charge in [-0.15, -0.1) is 0 Å². The van der Waals surface area contributed by atoms with Gasteiger partial charge >= 0.3 is 0 Å². The van der Waals surface area contributed by atoms with E-state index in [2.05, 4.69) is 53.7 Å². The van der Waals surface area contributed by atoms with Gasteiger partial charge in [0.05, 0.1) is 0 Å². The van der Waals surface area contributed by atoms with E-state index in [0.717, 1.165) is 0 Å². The molecule has 0 N–H and O–H groups in total. The van der Waals surface area contributed by atoms with Crippen LogP contribution in [-0.4, -0.2) is 0 Å². The molecule has 0 saturated carbocycles. The molecule has 0 aromatic carbocycles. The van der Waals surface area contributed by atoms with Crippen molar-refractivity contribution < 1.29 is 0 Å². The van der Waals surface area contributed by atoms with Crippen LogP contribution in [0.3, 0.4) is 0 Å². The van der Waals surface area contributed by atoms with Gasteiger partial charge in [-0.25, -0.2) is 0 Å². The second kappa shape index (κ2) is 8.49. The lowest BCUT2D eigenvalue weighted by Crippen LogP contribution is -2.15. The zero-order chi connectivity index (χ0) is 15.1. The Kier molecular flexibility index (Phi) is 7.34. The Morgan fingerprint density at radius 2 is 1.05 bits per heavy atom. The standard InChI is InChI=1S/C20H34/c1-7-9-11-17-18(12-10-8-2)20(14-16(5)6)19(17)13-15(3)4/h13-16H,7-12H2,1-6H3/b19-13-,20-14+. The number of hydrogen-bond donors (Lipinski definition) is 0. The fraction of sp³-hybridized carbons (Fsp3) is 0.700. The van der Waals surface area contributed by atoms with Crippen molar-refractivity contribution in [2.45, 2.75) is 80.1 Å². The highest BCUT2D eigenvalue weighted by Crippen LogP contribution is 2.46. The molecule has 0 nitrogen and oxygen atoms in total. The van der Waals surface area contributed by atoms with Crippen LogP contribution in [0.2, 0.25) is 0 Å². The molecule has 0 unspecified atom stereocenters. The van der Waals surface area contributed by atoms with Crippen molar-refractivity contribution in [1.82, 2.24) is 0 Å². The maximum absolute atomic E-state index is 2.48. The molecular formula is C20H34. The lowest BCUT2D eigenvalue weighted by atomic mass is 9.71. The van der Waals surface area contributed by atoms with Crippen molar-refractivity contribution in [3.63, 3.8) is 0 Å². The molecule has 0 heterocycles. The highest BCUT2D eigenvalue weighted by atomic mass is 14.3. The highest BCUT2D eigenvalue weighted by Gasteiger charge is 2.28. The van der Waals surface area contributed by atoms with Crippen LogP contribution in [0.1, 0.15) is 80.1 Å². The van der Waals surface area contributed by atoms with Crippen molar-refractivity contribution in [3.05, 3.63) is 34.4 Å². The van der Waals surface area contributed by atoms with Crippen molar-refractivity contribution in [1.29, 1.82) is 0 Å². The predicted octanol–water partition coefficient (Wildman–Crippen LogP) is 6.84. The zero-order valence-electron chi connectivity index (χ0n) is 14.6. The molecule has 0 aliphatic heterocycles. The van der Waals surface area contributed by atoms with Gasteiger partial charge in [0.15, 0.2) is 0 Å². The molecule has 1 aliphatic rings. The quantitative estimate of drug-likeness (QED) is 0.454. The summed E-state index contributed by atoms with van der Waals surface area (Å²) < 4.78 is 0. The van der Waals surface area contributed by atoms with Crippen LogP contribution in [-0.2, 0) is 0 Å². The molecular weight excluding hydrogens is 240 g/mol. The van der Waals surface area contributed by atoms with Crippen LogP contribution in [0.25, 0.3) is 0 Å². The van der Waals surface area contributed by atoms with Crippen molar-refractivity contribution in [3.8, 4) is 0 Å². The Labute approximate surface area is 127 Å². The Morgan fingerprint density at radius 3 is 1.30 bits per heavy atom. The van der Waals surface area contributed by atoms with Gasteiger partial charge in [-0.3, -0.25) is 0 Å². The molecule has 20 heavy (non-hydrogen) atoms. The molecule has 0 atom stereocenters. The van der Waals surface area contributed by atoms with Gasteiger partial charge < -0.3 is 0 Å². The average molecular weight is 274 g/mol. The molecule has 0 amide bonds. The first-order chi connectivity index (χ1) is 9.51. The van der Waals surface area contributed by atoms with Crippen LogP contribution in [0, 0.1) is 11.8 Å². The van der Waals surface area contributed by atoms with Gasteiger partial charge in [-0.05, 0) is 59.8 Å². The summed E-state index contributed by atoms with van der Waals surface area (Å²) in [6.45, 7) is 13.8. The van der Waals surface area contributed by atoms with Gasteiger partial charge in [0.1, 0.15) is 0 Å². The summed E-state index contributed by atoms with van der Waals surface area (Å²) in [5, 5.41) is 0. The minimum atomic E-state index is 0.643. The third-order valence-electron chi connectivity index (χ3n) is 3.87. The minimum absolute atomic E-state index is 0.643. The van der Waals surface area contributed by atoms with Gasteiger partial charge in [0.25, 0.3) is 0 Å². The van der Waals surface area contributed by atoms with Gasteiger partial charge in [-0.1, -0.05) is 66.5 Å². The van der Waals surface area contributed by atoms with E-state index < -0.39 is 0 Å². The average Bonchev–Trinajstić information content (AvgIpc) is 2.37. The molecule has 1 rings (SSSR count). The summed E-state index contributed by atoms with van der Waals surface area (Å²) in [4.78, 5) is 0. The number of unbranched alkanes of at least 4 members (excludes halogenated alkanes) is 2. The molecule has 0 fully saturated rings. The normalized spacial score (nSPS) is 19.6. The first kappa shape index (κ1) is 17.3. The topological polar surface area (TPSA) is 0 Å². The third-order valence-corrected chi connectivity index (χ3v) is 3.87. The summed E-state index contributed by atoms with van der Waals surface area (Å²) in [5.74, 6) is 1.29. The summed E-state index contributed by atoms with van der Waals surface area (Å²) in [6.07, 6.45) is 12.8. The molecule has 0 bridgehead atoms. The van der Waals surface area contributed by atoms with Crippen molar-refractivity contribution in [2.75, 3.05) is 0 Å². The molecule has 0 radical (unpaired) electrons. The lowest BCUT2D eigenvalue weighted by Gasteiger charge is -2.33. The van der Waals surface area contributed by atoms with E-state index in [1.165, 1.54) is 38.5 Å². The third kappa shape index (κ3) is 4.65. The monoisotopic (exact) mass is 274 g/mol. The van der Waals surface area contributed by atoms with Gasteiger partial charge in [0, 0.05) is 0 Å². The van der Waals surface area contributed by atoms with Crippen LogP contribution >= 0.6 is 0 Å². The second-order valence-electron chi connectivity index (χ2n) is 6.81. The van der Waals surface area contributed by atoms with Gasteiger partial charge in [0.2, 0.25) is 0 Å². The predicted molar refractivity (Wildman–Crippen MR) is 91.9 cm³/mol. The Bertz CT molecular complexity index is 350. The molecule has 0 saturated heterocycles. The minimum Gasteiger partial charge on any atom is -0.0738 e. The van der Waals surface area contributed by atoms with Gasteiger partial charge in [-0.2, -0.15) is 0 Å². The van der Waals surface area contributed by atoms with Crippen LogP contribution in [0.4, 0.5) is 0 Å². The molecule has 0 spiro atoms. The van der Waals surface area contributed by atoms with E-state index in [1.807, 2.05) is 0 Å². The van der Waals surface area contributed by atoms with Crippen LogP contribution in [0.15, 0.2) is 34.4 Å². The first-order valence-electron chi connectivity index (χ1n) is 8.67. The highest BCUT2D eigenvalue weighted by molar-refractivity contribution is 5.69. The maximum Gasteiger partial charge on any atom is -0.0187 e. The van der Waals surface area contributed by atoms with E-state index in [1.54, 1.807) is 22.3 Å². The Balaban J connectivity index is 3.08. The van der Waals surface area contributed by atoms with Crippen LogP contribution < -0.4 is 0 Å². The number of allylic oxidation sites excluding steroid dienone is 6.